The number of hydrogen-bond donors (Lipinski definition) is 0. The lowest BCUT2D eigenvalue weighted by Crippen LogP contribution is -1.83. The van der Waals surface area contributed by atoms with E-state index < -0.39 is 0 Å². The van der Waals surface area contributed by atoms with Gasteiger partial charge in [0.25, 0.3) is 0 Å². The summed E-state index contributed by atoms with van der Waals surface area (Å²) in [6.07, 6.45) is 5.18. The molecule has 0 unspecified atom stereocenters. The van der Waals surface area contributed by atoms with Crippen LogP contribution >= 0.6 is 0 Å². The Morgan fingerprint density at radius 1 is 1.15 bits per heavy atom. The normalized spacial score (nSPS) is 14.4. The van der Waals surface area contributed by atoms with E-state index in [2.05, 4.69) is 37.3 Å². The Morgan fingerprint density at radius 2 is 1.85 bits per heavy atom. The van der Waals surface area contributed by atoms with E-state index in [0.29, 0.717) is 0 Å². The Morgan fingerprint density at radius 3 is 2.38 bits per heavy atom. The van der Waals surface area contributed by atoms with Gasteiger partial charge in [-0.15, -0.1) is 0 Å². The van der Waals surface area contributed by atoms with E-state index in [0.717, 1.165) is 0 Å². The molecule has 0 spiro atoms. The van der Waals surface area contributed by atoms with E-state index in [4.69, 9.17) is 0 Å². The zero-order valence-electron chi connectivity index (χ0n) is 8.22. The third-order valence-electron chi connectivity index (χ3n) is 2.55. The molecular formula is C13H16. The molecule has 1 aliphatic rings. The van der Waals surface area contributed by atoms with Crippen LogP contribution in [0.5, 0.6) is 0 Å². The molecule has 0 radical (unpaired) electrons. The third kappa shape index (κ3) is 2.00. The molecular weight excluding hydrogens is 156 g/mol. The molecule has 68 valence electrons. The van der Waals surface area contributed by atoms with Gasteiger partial charge in [0.1, 0.15) is 0 Å². The van der Waals surface area contributed by atoms with Gasteiger partial charge in [0.15, 0.2) is 0 Å². The summed E-state index contributed by atoms with van der Waals surface area (Å²) in [6, 6.07) is 10.8. The molecule has 0 saturated heterocycles. The highest BCUT2D eigenvalue weighted by Gasteiger charge is 2.17. The van der Waals surface area contributed by atoms with E-state index in [-0.39, 0.29) is 0 Å². The molecule has 1 aliphatic carbocycles. The summed E-state index contributed by atoms with van der Waals surface area (Å²) in [5, 5.41) is 0. The van der Waals surface area contributed by atoms with Crippen molar-refractivity contribution in [1.29, 1.82) is 0 Å². The SMILES string of the molecule is CCCC(=C1CC1)c1ccccc1. The summed E-state index contributed by atoms with van der Waals surface area (Å²) in [4.78, 5) is 0. The molecule has 1 saturated carbocycles. The first kappa shape index (κ1) is 8.55. The predicted octanol–water partition coefficient (Wildman–Crippen LogP) is 4.03. The fraction of sp³-hybridized carbons (Fsp3) is 0.385. The van der Waals surface area contributed by atoms with E-state index >= 15 is 0 Å². The van der Waals surface area contributed by atoms with Gasteiger partial charge in [0.2, 0.25) is 0 Å². The molecule has 0 amide bonds. The zero-order chi connectivity index (χ0) is 9.10. The maximum atomic E-state index is 2.26. The maximum Gasteiger partial charge on any atom is -0.0225 e. The van der Waals surface area contributed by atoms with Crippen LogP contribution in [0, 0.1) is 0 Å². The van der Waals surface area contributed by atoms with Gasteiger partial charge in [-0.3, -0.25) is 0 Å². The minimum Gasteiger partial charge on any atom is -0.0658 e. The highest BCUT2D eigenvalue weighted by Crippen LogP contribution is 2.38. The van der Waals surface area contributed by atoms with Crippen LogP contribution in [0.4, 0.5) is 0 Å². The van der Waals surface area contributed by atoms with Crippen molar-refractivity contribution in [2.24, 2.45) is 0 Å². The second kappa shape index (κ2) is 3.78. The summed E-state index contributed by atoms with van der Waals surface area (Å²) in [5.41, 5.74) is 4.74. The topological polar surface area (TPSA) is 0 Å². The quantitative estimate of drug-likeness (QED) is 0.645. The van der Waals surface area contributed by atoms with Gasteiger partial charge < -0.3 is 0 Å². The fourth-order valence-corrected chi connectivity index (χ4v) is 1.78. The van der Waals surface area contributed by atoms with E-state index in [9.17, 15) is 0 Å². The first-order valence-electron chi connectivity index (χ1n) is 5.18. The summed E-state index contributed by atoms with van der Waals surface area (Å²) < 4.78 is 0. The molecule has 0 heteroatoms. The molecule has 0 aromatic heterocycles. The van der Waals surface area contributed by atoms with Crippen molar-refractivity contribution < 1.29 is 0 Å². The van der Waals surface area contributed by atoms with E-state index in [1.165, 1.54) is 31.2 Å². The van der Waals surface area contributed by atoms with Crippen LogP contribution in [0.1, 0.15) is 38.2 Å². The van der Waals surface area contributed by atoms with Crippen molar-refractivity contribution in [3.63, 3.8) is 0 Å². The molecule has 0 aliphatic heterocycles. The van der Waals surface area contributed by atoms with Crippen molar-refractivity contribution in [2.75, 3.05) is 0 Å². The molecule has 0 nitrogen and oxygen atoms in total. The Labute approximate surface area is 80.3 Å². The first-order chi connectivity index (χ1) is 6.42. The second-order valence-corrected chi connectivity index (χ2v) is 3.70. The van der Waals surface area contributed by atoms with Gasteiger partial charge in [-0.25, -0.2) is 0 Å². The Hall–Kier alpha value is -1.04. The largest absolute Gasteiger partial charge is 0.0658 e. The Balaban J connectivity index is 2.27. The minimum absolute atomic E-state index is 1.25. The summed E-state index contributed by atoms with van der Waals surface area (Å²) in [5.74, 6) is 0. The van der Waals surface area contributed by atoms with Crippen LogP contribution in [0.15, 0.2) is 35.9 Å². The highest BCUT2D eigenvalue weighted by molar-refractivity contribution is 5.71. The van der Waals surface area contributed by atoms with Crippen LogP contribution in [0.3, 0.4) is 0 Å². The van der Waals surface area contributed by atoms with Crippen LogP contribution < -0.4 is 0 Å². The average molecular weight is 172 g/mol. The van der Waals surface area contributed by atoms with Gasteiger partial charge in [0, 0.05) is 0 Å². The molecule has 1 aromatic carbocycles. The van der Waals surface area contributed by atoms with Gasteiger partial charge >= 0.3 is 0 Å². The molecule has 0 bridgehead atoms. The standard InChI is InChI=1S/C13H16/c1-2-6-13(12-9-10-12)11-7-4-3-5-8-11/h3-5,7-8H,2,6,9-10H2,1H3. The Kier molecular flexibility index (Phi) is 2.49. The van der Waals surface area contributed by atoms with Crippen molar-refractivity contribution in [1.82, 2.24) is 0 Å². The van der Waals surface area contributed by atoms with Gasteiger partial charge in [-0.1, -0.05) is 49.2 Å². The average Bonchev–Trinajstić information content (AvgIpc) is 2.99. The monoisotopic (exact) mass is 172 g/mol. The minimum atomic E-state index is 1.25. The van der Waals surface area contributed by atoms with Crippen molar-refractivity contribution in [3.05, 3.63) is 41.5 Å². The smallest absolute Gasteiger partial charge is 0.0225 e. The van der Waals surface area contributed by atoms with Gasteiger partial charge in [-0.2, -0.15) is 0 Å². The van der Waals surface area contributed by atoms with Crippen LogP contribution in [0.2, 0.25) is 0 Å². The molecule has 1 fully saturated rings. The lowest BCUT2D eigenvalue weighted by molar-refractivity contribution is 0.971. The molecule has 0 N–H and O–H groups in total. The molecule has 0 heterocycles. The zero-order valence-corrected chi connectivity index (χ0v) is 8.22. The Bertz CT molecular complexity index is 300. The number of hydrogen-bond acceptors (Lipinski definition) is 0. The fourth-order valence-electron chi connectivity index (χ4n) is 1.78. The molecule has 2 rings (SSSR count). The highest BCUT2D eigenvalue weighted by atomic mass is 14.2. The summed E-state index contributed by atoms with van der Waals surface area (Å²) in [6.45, 7) is 2.26. The molecule has 13 heavy (non-hydrogen) atoms. The van der Waals surface area contributed by atoms with E-state index in [1.54, 1.807) is 11.1 Å². The van der Waals surface area contributed by atoms with E-state index in [1.807, 2.05) is 0 Å². The maximum absolute atomic E-state index is 2.26. The van der Waals surface area contributed by atoms with Gasteiger partial charge in [0.05, 0.1) is 0 Å². The first-order valence-corrected chi connectivity index (χ1v) is 5.18. The van der Waals surface area contributed by atoms with Gasteiger partial charge in [-0.05, 0) is 30.4 Å². The third-order valence-corrected chi connectivity index (χ3v) is 2.55. The number of rotatable bonds is 3. The van der Waals surface area contributed by atoms with Crippen molar-refractivity contribution >= 4 is 5.57 Å². The van der Waals surface area contributed by atoms with Crippen molar-refractivity contribution in [2.45, 2.75) is 32.6 Å². The number of allylic oxidation sites excluding steroid dienone is 2. The van der Waals surface area contributed by atoms with Crippen molar-refractivity contribution in [3.8, 4) is 0 Å². The van der Waals surface area contributed by atoms with Crippen LogP contribution in [-0.2, 0) is 0 Å². The van der Waals surface area contributed by atoms with Crippen LogP contribution in [-0.4, -0.2) is 0 Å². The predicted molar refractivity (Wildman–Crippen MR) is 57.5 cm³/mol. The molecule has 0 atom stereocenters. The summed E-state index contributed by atoms with van der Waals surface area (Å²) >= 11 is 0. The van der Waals surface area contributed by atoms with Crippen LogP contribution in [0.25, 0.3) is 5.57 Å². The number of benzene rings is 1. The lowest BCUT2D eigenvalue weighted by atomic mass is 10.0. The molecule has 1 aromatic rings. The summed E-state index contributed by atoms with van der Waals surface area (Å²) in [7, 11) is 0. The second-order valence-electron chi connectivity index (χ2n) is 3.70. The lowest BCUT2D eigenvalue weighted by Gasteiger charge is -2.05.